The van der Waals surface area contributed by atoms with E-state index < -0.39 is 0 Å². The molecule has 136 valence electrons. The largest absolute Gasteiger partial charge is 0.338 e. The zero-order valence-electron chi connectivity index (χ0n) is 14.9. The van der Waals surface area contributed by atoms with Crippen LogP contribution in [-0.4, -0.2) is 54.7 Å². The molecular formula is C18H23N7O. The number of pyridine rings is 1. The second-order valence-electron chi connectivity index (χ2n) is 6.74. The Balaban J connectivity index is 1.25. The Labute approximate surface area is 151 Å². The zero-order chi connectivity index (χ0) is 17.9. The van der Waals surface area contributed by atoms with E-state index in [4.69, 9.17) is 0 Å². The van der Waals surface area contributed by atoms with Gasteiger partial charge in [-0.1, -0.05) is 6.07 Å². The maximum absolute atomic E-state index is 12.4. The number of aryl methyl sites for hydroxylation is 1. The molecule has 0 bridgehead atoms. The van der Waals surface area contributed by atoms with Crippen LogP contribution in [0.5, 0.6) is 0 Å². The van der Waals surface area contributed by atoms with Crippen molar-refractivity contribution in [2.24, 2.45) is 7.05 Å². The number of nitrogens with one attached hydrogen (secondary N) is 1. The van der Waals surface area contributed by atoms with Crippen LogP contribution in [0.3, 0.4) is 0 Å². The van der Waals surface area contributed by atoms with E-state index in [-0.39, 0.29) is 6.03 Å². The van der Waals surface area contributed by atoms with E-state index in [9.17, 15) is 4.79 Å². The van der Waals surface area contributed by atoms with Gasteiger partial charge in [-0.3, -0.25) is 0 Å². The summed E-state index contributed by atoms with van der Waals surface area (Å²) in [6, 6.07) is 5.93. The van der Waals surface area contributed by atoms with Crippen molar-refractivity contribution in [3.63, 3.8) is 0 Å². The summed E-state index contributed by atoms with van der Waals surface area (Å²) >= 11 is 0. The Hall–Kier alpha value is -2.90. The van der Waals surface area contributed by atoms with Gasteiger partial charge in [0, 0.05) is 51.4 Å². The summed E-state index contributed by atoms with van der Waals surface area (Å²) in [6.45, 7) is 2.08. The smallest absolute Gasteiger partial charge is 0.317 e. The maximum atomic E-state index is 12.4. The molecule has 1 saturated heterocycles. The fourth-order valence-electron chi connectivity index (χ4n) is 3.52. The second kappa shape index (κ2) is 7.15. The lowest BCUT2D eigenvalue weighted by Gasteiger charge is -2.31. The molecule has 1 aliphatic rings. The third kappa shape index (κ3) is 3.40. The van der Waals surface area contributed by atoms with Gasteiger partial charge < -0.3 is 19.2 Å². The van der Waals surface area contributed by atoms with E-state index in [0.717, 1.165) is 49.5 Å². The van der Waals surface area contributed by atoms with Gasteiger partial charge in [-0.2, -0.15) is 0 Å². The molecule has 4 rings (SSSR count). The van der Waals surface area contributed by atoms with E-state index in [1.54, 1.807) is 6.33 Å². The molecule has 0 radical (unpaired) electrons. The number of carbonyl (C=O) groups excluding carboxylic acids is 1. The number of rotatable bonds is 4. The molecular weight excluding hydrogens is 330 g/mol. The van der Waals surface area contributed by atoms with E-state index in [2.05, 4.69) is 20.5 Å². The molecule has 8 nitrogen and oxygen atoms in total. The molecule has 3 aromatic heterocycles. The van der Waals surface area contributed by atoms with Crippen LogP contribution in [0.1, 0.15) is 30.3 Å². The molecule has 26 heavy (non-hydrogen) atoms. The number of fused-ring (bicyclic) bond motifs is 1. The van der Waals surface area contributed by atoms with Gasteiger partial charge in [0.25, 0.3) is 0 Å². The average Bonchev–Trinajstić information content (AvgIpc) is 3.27. The highest BCUT2D eigenvalue weighted by atomic mass is 16.2. The van der Waals surface area contributed by atoms with Crippen LogP contribution in [0, 0.1) is 0 Å². The van der Waals surface area contributed by atoms with Crippen LogP contribution >= 0.6 is 0 Å². The quantitative estimate of drug-likeness (QED) is 0.772. The summed E-state index contributed by atoms with van der Waals surface area (Å²) in [5.74, 6) is 1.39. The first-order valence-corrected chi connectivity index (χ1v) is 9.00. The van der Waals surface area contributed by atoms with Crippen molar-refractivity contribution in [3.05, 3.63) is 48.4 Å². The fourth-order valence-corrected chi connectivity index (χ4v) is 3.52. The average molecular weight is 353 g/mol. The molecule has 0 atom stereocenters. The number of aromatic nitrogens is 5. The van der Waals surface area contributed by atoms with Crippen LogP contribution < -0.4 is 5.32 Å². The first-order chi connectivity index (χ1) is 12.7. The van der Waals surface area contributed by atoms with E-state index in [0.29, 0.717) is 12.5 Å². The number of likely N-dealkylation sites (tertiary alicyclic amines) is 1. The zero-order valence-corrected chi connectivity index (χ0v) is 14.9. The summed E-state index contributed by atoms with van der Waals surface area (Å²) in [7, 11) is 1.97. The van der Waals surface area contributed by atoms with Crippen molar-refractivity contribution in [1.82, 2.24) is 34.4 Å². The van der Waals surface area contributed by atoms with Gasteiger partial charge >= 0.3 is 6.03 Å². The summed E-state index contributed by atoms with van der Waals surface area (Å²) in [6.07, 6.45) is 8.29. The van der Waals surface area contributed by atoms with Crippen LogP contribution in [0.4, 0.5) is 4.79 Å². The second-order valence-corrected chi connectivity index (χ2v) is 6.74. The highest BCUT2D eigenvalue weighted by Crippen LogP contribution is 2.25. The van der Waals surface area contributed by atoms with Crippen molar-refractivity contribution < 1.29 is 4.79 Å². The van der Waals surface area contributed by atoms with Crippen molar-refractivity contribution >= 4 is 11.7 Å². The fraction of sp³-hybridized carbons (Fsp3) is 0.444. The van der Waals surface area contributed by atoms with Gasteiger partial charge in [-0.05, 0) is 25.0 Å². The van der Waals surface area contributed by atoms with Crippen LogP contribution in [0.25, 0.3) is 5.65 Å². The lowest BCUT2D eigenvalue weighted by Crippen LogP contribution is -2.44. The molecule has 8 heteroatoms. The molecule has 2 amide bonds. The summed E-state index contributed by atoms with van der Waals surface area (Å²) in [4.78, 5) is 18.8. The van der Waals surface area contributed by atoms with Crippen LogP contribution in [-0.2, 0) is 13.5 Å². The predicted molar refractivity (Wildman–Crippen MR) is 96.8 cm³/mol. The molecule has 3 aromatic rings. The first-order valence-electron chi connectivity index (χ1n) is 9.00. The number of carbonyl (C=O) groups is 1. The topological polar surface area (TPSA) is 80.4 Å². The Morgan fingerprint density at radius 2 is 2.15 bits per heavy atom. The van der Waals surface area contributed by atoms with Crippen LogP contribution in [0.2, 0.25) is 0 Å². The molecule has 0 spiro atoms. The van der Waals surface area contributed by atoms with Gasteiger partial charge in [-0.15, -0.1) is 10.2 Å². The molecule has 0 unspecified atom stereocenters. The molecule has 1 fully saturated rings. The molecule has 0 saturated carbocycles. The van der Waals surface area contributed by atoms with Crippen molar-refractivity contribution in [1.29, 1.82) is 0 Å². The SMILES string of the molecule is Cn1cnnc1C1CCN(C(=O)NCCc2cn3ccccc3n2)CC1. The van der Waals surface area contributed by atoms with Gasteiger partial charge in [-0.25, -0.2) is 9.78 Å². The number of amides is 2. The molecule has 1 aliphatic heterocycles. The molecule has 0 aromatic carbocycles. The monoisotopic (exact) mass is 353 g/mol. The first kappa shape index (κ1) is 16.6. The maximum Gasteiger partial charge on any atom is 0.317 e. The number of piperidine rings is 1. The minimum absolute atomic E-state index is 0.00480. The lowest BCUT2D eigenvalue weighted by atomic mass is 9.96. The molecule has 0 aliphatic carbocycles. The number of hydrogen-bond donors (Lipinski definition) is 1. The summed E-state index contributed by atoms with van der Waals surface area (Å²) < 4.78 is 3.96. The Kier molecular flexibility index (Phi) is 4.55. The number of nitrogens with zero attached hydrogens (tertiary/aromatic N) is 6. The molecule has 1 N–H and O–H groups in total. The Bertz CT molecular complexity index is 859. The minimum atomic E-state index is 0.00480. The van der Waals surface area contributed by atoms with E-state index in [1.165, 1.54) is 0 Å². The number of imidazole rings is 1. The van der Waals surface area contributed by atoms with Gasteiger partial charge in [0.05, 0.1) is 5.69 Å². The predicted octanol–water partition coefficient (Wildman–Crippen LogP) is 1.59. The summed E-state index contributed by atoms with van der Waals surface area (Å²) in [5, 5.41) is 11.2. The number of urea groups is 1. The highest BCUT2D eigenvalue weighted by Gasteiger charge is 2.26. The van der Waals surface area contributed by atoms with Crippen molar-refractivity contribution in [2.45, 2.75) is 25.2 Å². The van der Waals surface area contributed by atoms with Gasteiger partial charge in [0.2, 0.25) is 0 Å². The normalized spacial score (nSPS) is 15.5. The Morgan fingerprint density at radius 3 is 2.88 bits per heavy atom. The van der Waals surface area contributed by atoms with E-state index >= 15 is 0 Å². The van der Waals surface area contributed by atoms with Gasteiger partial charge in [0.15, 0.2) is 0 Å². The van der Waals surface area contributed by atoms with Crippen molar-refractivity contribution in [3.8, 4) is 0 Å². The third-order valence-corrected chi connectivity index (χ3v) is 4.96. The Morgan fingerprint density at radius 1 is 1.31 bits per heavy atom. The number of hydrogen-bond acceptors (Lipinski definition) is 4. The van der Waals surface area contributed by atoms with E-state index in [1.807, 2.05) is 51.5 Å². The van der Waals surface area contributed by atoms with Crippen molar-refractivity contribution in [2.75, 3.05) is 19.6 Å². The standard InChI is InChI=1S/C18H23N7O/c1-23-13-20-22-17(23)14-6-10-24(11-7-14)18(26)19-8-5-15-12-25-9-3-2-4-16(25)21-15/h2-4,9,12-14H,5-8,10-11H2,1H3,(H,19,26). The molecule has 4 heterocycles. The third-order valence-electron chi connectivity index (χ3n) is 4.96. The minimum Gasteiger partial charge on any atom is -0.338 e. The highest BCUT2D eigenvalue weighted by molar-refractivity contribution is 5.74. The lowest BCUT2D eigenvalue weighted by molar-refractivity contribution is 0.180. The van der Waals surface area contributed by atoms with Crippen LogP contribution in [0.15, 0.2) is 36.9 Å². The summed E-state index contributed by atoms with van der Waals surface area (Å²) in [5.41, 5.74) is 1.91. The van der Waals surface area contributed by atoms with Gasteiger partial charge in [0.1, 0.15) is 17.8 Å².